The summed E-state index contributed by atoms with van der Waals surface area (Å²) in [5.74, 6) is 0.0656. The van der Waals surface area contributed by atoms with Crippen molar-refractivity contribution in [1.82, 2.24) is 5.16 Å². The summed E-state index contributed by atoms with van der Waals surface area (Å²) < 4.78 is 4.86. The molecule has 0 saturated carbocycles. The Kier molecular flexibility index (Phi) is 3.14. The van der Waals surface area contributed by atoms with Gasteiger partial charge in [-0.3, -0.25) is 10.1 Å². The number of hydrogen-bond acceptors (Lipinski definition) is 4. The van der Waals surface area contributed by atoms with E-state index in [4.69, 9.17) is 10.3 Å². The van der Waals surface area contributed by atoms with Crippen LogP contribution in [-0.2, 0) is 4.79 Å². The van der Waals surface area contributed by atoms with Gasteiger partial charge in [-0.1, -0.05) is 25.9 Å². The molecule has 1 aromatic heterocycles. The van der Waals surface area contributed by atoms with Gasteiger partial charge < -0.3 is 10.3 Å². The van der Waals surface area contributed by atoms with Crippen LogP contribution in [-0.4, -0.2) is 17.1 Å². The average Bonchev–Trinajstić information content (AvgIpc) is 2.48. The Morgan fingerprint density at radius 3 is 2.60 bits per heavy atom. The maximum Gasteiger partial charge on any atom is 0.244 e. The Labute approximate surface area is 89.0 Å². The van der Waals surface area contributed by atoms with E-state index in [9.17, 15) is 4.79 Å². The molecule has 5 heteroatoms. The summed E-state index contributed by atoms with van der Waals surface area (Å²) in [5.41, 5.74) is 6.21. The third kappa shape index (κ3) is 3.06. The number of rotatable bonds is 2. The van der Waals surface area contributed by atoms with Crippen molar-refractivity contribution in [1.29, 1.82) is 0 Å². The zero-order valence-corrected chi connectivity index (χ0v) is 9.50. The van der Waals surface area contributed by atoms with Crippen molar-refractivity contribution in [2.24, 2.45) is 11.1 Å². The second kappa shape index (κ2) is 4.02. The maximum absolute atomic E-state index is 11.6. The Morgan fingerprint density at radius 2 is 2.20 bits per heavy atom. The number of hydrogen-bond donors (Lipinski definition) is 2. The highest BCUT2D eigenvalue weighted by atomic mass is 16.5. The summed E-state index contributed by atoms with van der Waals surface area (Å²) >= 11 is 0. The lowest BCUT2D eigenvalue weighted by molar-refractivity contribution is -0.119. The molecule has 5 nitrogen and oxygen atoms in total. The molecule has 1 heterocycles. The molecule has 1 rings (SSSR count). The van der Waals surface area contributed by atoms with E-state index in [0.717, 1.165) is 5.69 Å². The van der Waals surface area contributed by atoms with Crippen molar-refractivity contribution in [2.75, 3.05) is 5.32 Å². The molecule has 1 aromatic rings. The largest absolute Gasteiger partial charge is 0.338 e. The van der Waals surface area contributed by atoms with Crippen LogP contribution in [0, 0.1) is 12.3 Å². The molecule has 84 valence electrons. The number of amides is 1. The summed E-state index contributed by atoms with van der Waals surface area (Å²) in [4.78, 5) is 11.6. The zero-order chi connectivity index (χ0) is 11.6. The number of nitrogens with two attached hydrogens (primary N) is 1. The molecule has 0 aromatic carbocycles. The van der Waals surface area contributed by atoms with Gasteiger partial charge in [0.2, 0.25) is 11.8 Å². The van der Waals surface area contributed by atoms with Crippen LogP contribution in [0.5, 0.6) is 0 Å². The minimum atomic E-state index is -0.581. The van der Waals surface area contributed by atoms with E-state index in [-0.39, 0.29) is 11.3 Å². The summed E-state index contributed by atoms with van der Waals surface area (Å²) in [6.07, 6.45) is 0. The van der Waals surface area contributed by atoms with Crippen molar-refractivity contribution < 1.29 is 9.32 Å². The van der Waals surface area contributed by atoms with Gasteiger partial charge in [0.05, 0.1) is 11.7 Å². The highest BCUT2D eigenvalue weighted by Gasteiger charge is 2.27. The van der Waals surface area contributed by atoms with Crippen LogP contribution in [0.25, 0.3) is 0 Å². The first-order valence-corrected chi connectivity index (χ1v) is 4.80. The van der Waals surface area contributed by atoms with Crippen molar-refractivity contribution in [3.8, 4) is 0 Å². The van der Waals surface area contributed by atoms with Crippen LogP contribution >= 0.6 is 0 Å². The molecule has 0 aliphatic heterocycles. The van der Waals surface area contributed by atoms with E-state index in [0.29, 0.717) is 5.88 Å². The third-order valence-electron chi connectivity index (χ3n) is 2.09. The normalized spacial score (nSPS) is 13.7. The van der Waals surface area contributed by atoms with Gasteiger partial charge in [0.25, 0.3) is 0 Å². The fourth-order valence-electron chi connectivity index (χ4n) is 1.01. The SMILES string of the molecule is Cc1cc(NC(=O)[C@@H](N)C(C)(C)C)on1. The van der Waals surface area contributed by atoms with Crippen LogP contribution in [0.1, 0.15) is 26.5 Å². The molecule has 15 heavy (non-hydrogen) atoms. The molecule has 1 atom stereocenters. The Hall–Kier alpha value is -1.36. The third-order valence-corrected chi connectivity index (χ3v) is 2.09. The zero-order valence-electron chi connectivity index (χ0n) is 9.50. The second-order valence-corrected chi connectivity index (χ2v) is 4.67. The smallest absolute Gasteiger partial charge is 0.244 e. The number of anilines is 1. The lowest BCUT2D eigenvalue weighted by Gasteiger charge is -2.25. The lowest BCUT2D eigenvalue weighted by atomic mass is 9.87. The first-order valence-electron chi connectivity index (χ1n) is 4.80. The quantitative estimate of drug-likeness (QED) is 0.772. The fraction of sp³-hybridized carbons (Fsp3) is 0.600. The molecule has 0 fully saturated rings. The van der Waals surface area contributed by atoms with Crippen LogP contribution < -0.4 is 11.1 Å². The Morgan fingerprint density at radius 1 is 1.60 bits per heavy atom. The lowest BCUT2D eigenvalue weighted by Crippen LogP contribution is -2.45. The number of carbonyl (C=O) groups is 1. The van der Waals surface area contributed by atoms with Gasteiger partial charge in [0, 0.05) is 6.07 Å². The average molecular weight is 211 g/mol. The van der Waals surface area contributed by atoms with E-state index >= 15 is 0 Å². The molecule has 0 aliphatic carbocycles. The van der Waals surface area contributed by atoms with E-state index in [1.54, 1.807) is 13.0 Å². The Balaban J connectivity index is 2.64. The molecule has 0 saturated heterocycles. The minimum absolute atomic E-state index is 0.265. The van der Waals surface area contributed by atoms with Gasteiger partial charge >= 0.3 is 0 Å². The van der Waals surface area contributed by atoms with Crippen LogP contribution in [0.3, 0.4) is 0 Å². The topological polar surface area (TPSA) is 81.2 Å². The predicted molar refractivity (Wildman–Crippen MR) is 57.3 cm³/mol. The molecule has 1 amide bonds. The van der Waals surface area contributed by atoms with E-state index in [2.05, 4.69) is 10.5 Å². The molecule has 3 N–H and O–H groups in total. The molecule has 0 spiro atoms. The first kappa shape index (κ1) is 11.7. The number of carbonyl (C=O) groups excluding carboxylic acids is 1. The highest BCUT2D eigenvalue weighted by molar-refractivity contribution is 5.94. The van der Waals surface area contributed by atoms with Gasteiger partial charge in [0.15, 0.2) is 0 Å². The number of aromatic nitrogens is 1. The van der Waals surface area contributed by atoms with E-state index in [1.165, 1.54) is 0 Å². The maximum atomic E-state index is 11.6. The van der Waals surface area contributed by atoms with E-state index in [1.807, 2.05) is 20.8 Å². The van der Waals surface area contributed by atoms with Gasteiger partial charge in [-0.15, -0.1) is 0 Å². The summed E-state index contributed by atoms with van der Waals surface area (Å²) in [6, 6.07) is 1.07. The number of nitrogens with zero attached hydrogens (tertiary/aromatic N) is 1. The van der Waals surface area contributed by atoms with Crippen LogP contribution in [0.4, 0.5) is 5.88 Å². The molecule has 0 bridgehead atoms. The molecule has 0 aliphatic rings. The summed E-state index contributed by atoms with van der Waals surface area (Å²) in [5, 5.41) is 6.24. The second-order valence-electron chi connectivity index (χ2n) is 4.67. The van der Waals surface area contributed by atoms with Gasteiger partial charge in [0.1, 0.15) is 0 Å². The minimum Gasteiger partial charge on any atom is -0.338 e. The van der Waals surface area contributed by atoms with E-state index < -0.39 is 6.04 Å². The molecular formula is C10H17N3O2. The monoisotopic (exact) mass is 211 g/mol. The van der Waals surface area contributed by atoms with Crippen molar-refractivity contribution in [3.63, 3.8) is 0 Å². The van der Waals surface area contributed by atoms with Crippen LogP contribution in [0.15, 0.2) is 10.6 Å². The predicted octanol–water partition coefficient (Wildman–Crippen LogP) is 1.29. The molecular weight excluding hydrogens is 194 g/mol. The van der Waals surface area contributed by atoms with Crippen LogP contribution in [0.2, 0.25) is 0 Å². The molecule has 0 unspecified atom stereocenters. The standard InChI is InChI=1S/C10H17N3O2/c1-6-5-7(15-13-6)12-9(14)8(11)10(2,3)4/h5,8H,11H2,1-4H3,(H,12,14)/t8-/m1/s1. The van der Waals surface area contributed by atoms with Crippen molar-refractivity contribution >= 4 is 11.8 Å². The van der Waals surface area contributed by atoms with Crippen molar-refractivity contribution in [2.45, 2.75) is 33.7 Å². The number of nitrogens with one attached hydrogen (secondary N) is 1. The summed E-state index contributed by atoms with van der Waals surface area (Å²) in [6.45, 7) is 7.50. The van der Waals surface area contributed by atoms with Gasteiger partial charge in [-0.05, 0) is 12.3 Å². The number of aryl methyl sites for hydroxylation is 1. The summed E-state index contributed by atoms with van der Waals surface area (Å²) in [7, 11) is 0. The Bertz CT molecular complexity index is 352. The van der Waals surface area contributed by atoms with Gasteiger partial charge in [-0.25, -0.2) is 0 Å². The molecule has 0 radical (unpaired) electrons. The fourth-order valence-corrected chi connectivity index (χ4v) is 1.01. The highest BCUT2D eigenvalue weighted by Crippen LogP contribution is 2.19. The van der Waals surface area contributed by atoms with Gasteiger partial charge in [-0.2, -0.15) is 0 Å². The first-order chi connectivity index (χ1) is 6.80. The van der Waals surface area contributed by atoms with Crippen molar-refractivity contribution in [3.05, 3.63) is 11.8 Å².